The fraction of sp³-hybridized carbons (Fsp3) is 0.467. The second-order valence-electron chi connectivity index (χ2n) is 11.1. The Morgan fingerprint density at radius 2 is 2.08 bits per heavy atom. The average Bonchev–Trinajstić information content (AvgIpc) is 3.68. The highest BCUT2D eigenvalue weighted by Gasteiger charge is 2.30. The maximum atomic E-state index is 13.0. The second-order valence-corrected chi connectivity index (χ2v) is 14.0. The molecular formula is C30H37N5O3S2. The summed E-state index contributed by atoms with van der Waals surface area (Å²) in [6.45, 7) is 6.29. The van der Waals surface area contributed by atoms with Gasteiger partial charge in [-0.05, 0) is 88.6 Å². The number of ether oxygens (including phenoxy) is 1. The van der Waals surface area contributed by atoms with Gasteiger partial charge in [-0.3, -0.25) is 0 Å². The van der Waals surface area contributed by atoms with Gasteiger partial charge in [0.1, 0.15) is 16.8 Å². The Morgan fingerprint density at radius 3 is 2.80 bits per heavy atom. The summed E-state index contributed by atoms with van der Waals surface area (Å²) in [7, 11) is 0.748. The molecule has 1 fully saturated rings. The van der Waals surface area contributed by atoms with Gasteiger partial charge in [-0.15, -0.1) is 11.3 Å². The molecule has 0 unspecified atom stereocenters. The lowest BCUT2D eigenvalue weighted by molar-refractivity contribution is 0.242. The van der Waals surface area contributed by atoms with Gasteiger partial charge >= 0.3 is 0 Å². The van der Waals surface area contributed by atoms with Crippen molar-refractivity contribution in [2.75, 3.05) is 39.5 Å². The highest BCUT2D eigenvalue weighted by Crippen LogP contribution is 2.41. The van der Waals surface area contributed by atoms with Crippen LogP contribution in [-0.2, 0) is 16.4 Å². The third-order valence-corrected chi connectivity index (χ3v) is 10.2. The van der Waals surface area contributed by atoms with Crippen molar-refractivity contribution in [1.29, 1.82) is 5.26 Å². The van der Waals surface area contributed by atoms with Crippen LogP contribution < -0.4 is 9.46 Å². The number of aromatic nitrogens is 1. The molecule has 3 aromatic rings. The summed E-state index contributed by atoms with van der Waals surface area (Å²) in [5.41, 5.74) is 4.68. The van der Waals surface area contributed by atoms with Crippen LogP contribution in [0, 0.1) is 11.3 Å². The van der Waals surface area contributed by atoms with Crippen LogP contribution in [0.4, 0.5) is 0 Å². The zero-order valence-electron chi connectivity index (χ0n) is 23.6. The largest absolute Gasteiger partial charge is 0.490 e. The van der Waals surface area contributed by atoms with E-state index in [2.05, 4.69) is 45.7 Å². The minimum atomic E-state index is -3.41. The van der Waals surface area contributed by atoms with Crippen LogP contribution in [0.15, 0.2) is 42.6 Å². The lowest BCUT2D eigenvalue weighted by Gasteiger charge is -2.21. The van der Waals surface area contributed by atoms with Crippen molar-refractivity contribution in [1.82, 2.24) is 19.5 Å². The number of nitriles is 1. The summed E-state index contributed by atoms with van der Waals surface area (Å²) >= 11 is 1.57. The van der Waals surface area contributed by atoms with Gasteiger partial charge in [0.15, 0.2) is 0 Å². The molecule has 0 radical (unpaired) electrons. The smallest absolute Gasteiger partial charge is 0.213 e. The quantitative estimate of drug-likeness (QED) is 0.372. The van der Waals surface area contributed by atoms with Gasteiger partial charge in [0.25, 0.3) is 0 Å². The van der Waals surface area contributed by atoms with Crippen molar-refractivity contribution in [3.63, 3.8) is 0 Å². The molecule has 2 aliphatic rings. The van der Waals surface area contributed by atoms with E-state index in [1.807, 2.05) is 50.4 Å². The van der Waals surface area contributed by atoms with Crippen LogP contribution in [0.1, 0.15) is 49.4 Å². The van der Waals surface area contributed by atoms with Gasteiger partial charge in [0, 0.05) is 36.9 Å². The summed E-state index contributed by atoms with van der Waals surface area (Å²) in [6, 6.07) is 14.2. The first-order valence-electron chi connectivity index (χ1n) is 13.8. The minimum absolute atomic E-state index is 0.0150. The Balaban J connectivity index is 1.29. The molecular weight excluding hydrogens is 542 g/mol. The summed E-state index contributed by atoms with van der Waals surface area (Å²) in [5, 5.41) is 10.4. The molecule has 0 spiro atoms. The van der Waals surface area contributed by atoms with E-state index in [0.29, 0.717) is 23.9 Å². The molecule has 0 bridgehead atoms. The first kappa shape index (κ1) is 28.7. The second kappa shape index (κ2) is 12.0. The lowest BCUT2D eigenvalue weighted by Crippen LogP contribution is -2.37. The van der Waals surface area contributed by atoms with E-state index in [0.717, 1.165) is 58.9 Å². The predicted octanol–water partition coefficient (Wildman–Crippen LogP) is 4.68. The fourth-order valence-electron chi connectivity index (χ4n) is 5.61. The molecule has 8 nitrogen and oxygen atoms in total. The lowest BCUT2D eigenvalue weighted by atomic mass is 10.0. The summed E-state index contributed by atoms with van der Waals surface area (Å²) < 4.78 is 34.8. The Kier molecular flexibility index (Phi) is 8.59. The van der Waals surface area contributed by atoms with Crippen molar-refractivity contribution in [3.8, 4) is 32.8 Å². The molecule has 1 aliphatic heterocycles. The molecule has 1 aliphatic carbocycles. The molecule has 10 heteroatoms. The van der Waals surface area contributed by atoms with E-state index in [4.69, 9.17) is 4.74 Å². The average molecular weight is 580 g/mol. The van der Waals surface area contributed by atoms with Crippen LogP contribution in [0.2, 0.25) is 0 Å². The van der Waals surface area contributed by atoms with E-state index in [-0.39, 0.29) is 17.9 Å². The van der Waals surface area contributed by atoms with E-state index >= 15 is 0 Å². The van der Waals surface area contributed by atoms with Crippen molar-refractivity contribution in [2.24, 2.45) is 0 Å². The van der Waals surface area contributed by atoms with Crippen LogP contribution in [0.25, 0.3) is 21.0 Å². The Labute approximate surface area is 241 Å². The molecule has 40 heavy (non-hydrogen) atoms. The predicted molar refractivity (Wildman–Crippen MR) is 160 cm³/mol. The monoisotopic (exact) mass is 579 g/mol. The number of rotatable bonds is 10. The number of sulfonamides is 1. The van der Waals surface area contributed by atoms with Crippen LogP contribution >= 0.6 is 11.3 Å². The highest BCUT2D eigenvalue weighted by atomic mass is 32.2. The molecule has 1 N–H and O–H groups in total. The normalized spacial score (nSPS) is 19.3. The number of fused-ring (bicyclic) bond motifs is 1. The standard InChI is InChI=1S/C30H37N5O3S2/c1-20(2)38-28-11-8-21(16-22(28)17-31)30-32-18-29(39-30)26-7-5-6-25-24(26)9-10-27(25)33-40(36,37)15-14-35-13-12-23(19-35)34(3)4/h5-8,11,16,18,20,23,27,33H,9-10,12-15,19H2,1-4H3/t23-,27+/m0/s1. The zero-order valence-corrected chi connectivity index (χ0v) is 25.2. The first-order valence-corrected chi connectivity index (χ1v) is 16.3. The number of likely N-dealkylation sites (N-methyl/N-ethyl adjacent to an activating group) is 1. The van der Waals surface area contributed by atoms with Gasteiger partial charge in [-0.1, -0.05) is 18.2 Å². The number of nitrogens with one attached hydrogen (secondary N) is 1. The van der Waals surface area contributed by atoms with Crippen LogP contribution in [0.5, 0.6) is 5.75 Å². The van der Waals surface area contributed by atoms with Gasteiger partial charge in [-0.25, -0.2) is 18.1 Å². The van der Waals surface area contributed by atoms with Gasteiger partial charge in [0.2, 0.25) is 10.0 Å². The Bertz CT molecular complexity index is 1510. The van der Waals surface area contributed by atoms with Gasteiger partial charge in [-0.2, -0.15) is 5.26 Å². The van der Waals surface area contributed by atoms with E-state index < -0.39 is 10.0 Å². The number of nitrogens with zero attached hydrogens (tertiary/aromatic N) is 4. The molecule has 2 heterocycles. The van der Waals surface area contributed by atoms with E-state index in [1.165, 1.54) is 5.56 Å². The van der Waals surface area contributed by atoms with E-state index in [9.17, 15) is 13.7 Å². The zero-order chi connectivity index (χ0) is 28.4. The summed E-state index contributed by atoms with van der Waals surface area (Å²) in [6.07, 6.45) is 4.48. The number of hydrogen-bond acceptors (Lipinski definition) is 8. The maximum absolute atomic E-state index is 13.0. The van der Waals surface area contributed by atoms with Gasteiger partial charge in [0.05, 0.1) is 22.3 Å². The summed E-state index contributed by atoms with van der Waals surface area (Å²) in [4.78, 5) is 10.2. The topological polar surface area (TPSA) is 98.6 Å². The van der Waals surface area contributed by atoms with Gasteiger partial charge < -0.3 is 14.5 Å². The number of hydrogen-bond donors (Lipinski definition) is 1. The molecule has 0 amide bonds. The van der Waals surface area contributed by atoms with Crippen molar-refractivity contribution in [3.05, 3.63) is 59.3 Å². The molecule has 5 rings (SSSR count). The van der Waals surface area contributed by atoms with Crippen LogP contribution in [0.3, 0.4) is 0 Å². The Morgan fingerprint density at radius 1 is 1.25 bits per heavy atom. The van der Waals surface area contributed by atoms with Crippen molar-refractivity contribution in [2.45, 2.75) is 51.3 Å². The van der Waals surface area contributed by atoms with Crippen molar-refractivity contribution >= 4 is 21.4 Å². The summed E-state index contributed by atoms with van der Waals surface area (Å²) in [5.74, 6) is 0.688. The third kappa shape index (κ3) is 6.40. The van der Waals surface area contributed by atoms with E-state index in [1.54, 1.807) is 11.3 Å². The molecule has 1 saturated heterocycles. The molecule has 212 valence electrons. The fourth-order valence-corrected chi connectivity index (χ4v) is 7.87. The molecule has 2 aromatic carbocycles. The third-order valence-electron chi connectivity index (χ3n) is 7.73. The highest BCUT2D eigenvalue weighted by molar-refractivity contribution is 7.89. The van der Waals surface area contributed by atoms with Crippen LogP contribution in [-0.4, -0.2) is 74.8 Å². The Hall–Kier alpha value is -2.81. The maximum Gasteiger partial charge on any atom is 0.213 e. The number of benzene rings is 2. The number of thiazole rings is 1. The SMILES string of the molecule is CC(C)Oc1ccc(-c2ncc(-c3cccc4c3CC[C@H]4NS(=O)(=O)CCN3CC[C@H](N(C)C)C3)s2)cc1C#N. The first-order chi connectivity index (χ1) is 19.1. The minimum Gasteiger partial charge on any atom is -0.490 e. The molecule has 1 aromatic heterocycles. The molecule has 2 atom stereocenters. The van der Waals surface area contributed by atoms with Crippen molar-refractivity contribution < 1.29 is 13.2 Å². The number of likely N-dealkylation sites (tertiary alicyclic amines) is 1. The molecule has 0 saturated carbocycles.